The second-order valence-electron chi connectivity index (χ2n) is 7.58. The molecule has 2 aliphatic rings. The average molecular weight is 314 g/mol. The van der Waals surface area contributed by atoms with Gasteiger partial charge in [-0.1, -0.05) is 0 Å². The highest BCUT2D eigenvalue weighted by atomic mass is 16.7. The summed E-state index contributed by atoms with van der Waals surface area (Å²) < 4.78 is 16.7. The van der Waals surface area contributed by atoms with Gasteiger partial charge in [0.15, 0.2) is 5.79 Å². The van der Waals surface area contributed by atoms with Crippen LogP contribution in [0.5, 0.6) is 0 Å². The Morgan fingerprint density at radius 3 is 2.36 bits per heavy atom. The molecule has 1 amide bonds. The lowest BCUT2D eigenvalue weighted by molar-refractivity contribution is -0.252. The van der Waals surface area contributed by atoms with Gasteiger partial charge in [-0.3, -0.25) is 0 Å². The van der Waals surface area contributed by atoms with Crippen LogP contribution in [0.4, 0.5) is 4.79 Å². The Hall–Kier alpha value is -0.850. The standard InChI is InChI=1S/C16H30N2O4/c1-15(2,3)22-14(19)18(13-6-7-13)9-8-17-12-10-20-16(4,5)21-11-12/h12-13,17H,6-11H2,1-5H3. The van der Waals surface area contributed by atoms with E-state index in [1.165, 1.54) is 0 Å². The molecule has 0 unspecified atom stereocenters. The van der Waals surface area contributed by atoms with Crippen molar-refractivity contribution in [3.63, 3.8) is 0 Å². The third-order valence-electron chi connectivity index (χ3n) is 3.67. The number of hydrogen-bond donors (Lipinski definition) is 1. The largest absolute Gasteiger partial charge is 0.444 e. The molecule has 1 saturated carbocycles. The summed E-state index contributed by atoms with van der Waals surface area (Å²) in [5, 5.41) is 3.39. The van der Waals surface area contributed by atoms with Crippen molar-refractivity contribution in [3.05, 3.63) is 0 Å². The smallest absolute Gasteiger partial charge is 0.410 e. The Morgan fingerprint density at radius 1 is 1.27 bits per heavy atom. The van der Waals surface area contributed by atoms with Crippen LogP contribution < -0.4 is 5.32 Å². The fraction of sp³-hybridized carbons (Fsp3) is 0.938. The van der Waals surface area contributed by atoms with E-state index in [0.29, 0.717) is 32.3 Å². The normalized spacial score (nSPS) is 22.4. The van der Waals surface area contributed by atoms with Crippen LogP contribution in [-0.2, 0) is 14.2 Å². The number of carbonyl (C=O) groups is 1. The Labute approximate surface area is 133 Å². The van der Waals surface area contributed by atoms with Gasteiger partial charge in [0, 0.05) is 19.1 Å². The van der Waals surface area contributed by atoms with E-state index >= 15 is 0 Å². The number of rotatable bonds is 5. The molecule has 6 heteroatoms. The Morgan fingerprint density at radius 2 is 1.86 bits per heavy atom. The van der Waals surface area contributed by atoms with E-state index in [1.54, 1.807) is 0 Å². The van der Waals surface area contributed by atoms with Gasteiger partial charge in [-0.2, -0.15) is 0 Å². The SMILES string of the molecule is CC(C)(C)OC(=O)N(CCNC1COC(C)(C)OC1)C1CC1. The molecule has 0 radical (unpaired) electrons. The van der Waals surface area contributed by atoms with E-state index in [4.69, 9.17) is 14.2 Å². The zero-order valence-corrected chi connectivity index (χ0v) is 14.5. The molecule has 128 valence electrons. The Balaban J connectivity index is 1.72. The van der Waals surface area contributed by atoms with Gasteiger partial charge in [0.2, 0.25) is 0 Å². The van der Waals surface area contributed by atoms with Gasteiger partial charge in [-0.25, -0.2) is 4.79 Å². The van der Waals surface area contributed by atoms with Crippen LogP contribution >= 0.6 is 0 Å². The third kappa shape index (κ3) is 5.74. The lowest BCUT2D eigenvalue weighted by Gasteiger charge is -2.35. The van der Waals surface area contributed by atoms with Crippen molar-refractivity contribution in [1.82, 2.24) is 10.2 Å². The van der Waals surface area contributed by atoms with Crippen molar-refractivity contribution in [2.75, 3.05) is 26.3 Å². The first kappa shape index (κ1) is 17.5. The first-order valence-corrected chi connectivity index (χ1v) is 8.17. The van der Waals surface area contributed by atoms with Crippen LogP contribution in [0.25, 0.3) is 0 Å². The molecule has 1 aliphatic carbocycles. The first-order chi connectivity index (χ1) is 10.2. The third-order valence-corrected chi connectivity index (χ3v) is 3.67. The van der Waals surface area contributed by atoms with Gasteiger partial charge in [0.1, 0.15) is 5.60 Å². The summed E-state index contributed by atoms with van der Waals surface area (Å²) >= 11 is 0. The highest BCUT2D eigenvalue weighted by Crippen LogP contribution is 2.28. The topological polar surface area (TPSA) is 60.0 Å². The highest BCUT2D eigenvalue weighted by molar-refractivity contribution is 5.69. The predicted octanol–water partition coefficient (Wildman–Crippen LogP) is 2.13. The van der Waals surface area contributed by atoms with Crippen LogP contribution in [-0.4, -0.2) is 60.8 Å². The summed E-state index contributed by atoms with van der Waals surface area (Å²) in [6, 6.07) is 0.516. The van der Waals surface area contributed by atoms with E-state index in [-0.39, 0.29) is 12.1 Å². The molecule has 0 aromatic heterocycles. The van der Waals surface area contributed by atoms with Crippen molar-refractivity contribution < 1.29 is 19.0 Å². The molecule has 0 aromatic rings. The van der Waals surface area contributed by atoms with Gasteiger partial charge in [-0.05, 0) is 47.5 Å². The number of hydrogen-bond acceptors (Lipinski definition) is 5. The van der Waals surface area contributed by atoms with Gasteiger partial charge >= 0.3 is 6.09 Å². The zero-order chi connectivity index (χ0) is 16.4. The quantitative estimate of drug-likeness (QED) is 0.842. The minimum Gasteiger partial charge on any atom is -0.444 e. The monoisotopic (exact) mass is 314 g/mol. The summed E-state index contributed by atoms with van der Waals surface area (Å²) in [5.74, 6) is -0.491. The van der Waals surface area contributed by atoms with Crippen molar-refractivity contribution in [2.45, 2.75) is 70.9 Å². The molecule has 0 bridgehead atoms. The van der Waals surface area contributed by atoms with Crippen LogP contribution in [0.2, 0.25) is 0 Å². The van der Waals surface area contributed by atoms with Crippen molar-refractivity contribution >= 4 is 6.09 Å². The number of nitrogens with one attached hydrogen (secondary N) is 1. The lowest BCUT2D eigenvalue weighted by Crippen LogP contribution is -2.50. The summed E-state index contributed by atoms with van der Waals surface area (Å²) in [6.45, 7) is 12.1. The molecule has 2 fully saturated rings. The predicted molar refractivity (Wildman–Crippen MR) is 83.7 cm³/mol. The molecule has 0 atom stereocenters. The summed E-state index contributed by atoms with van der Waals surface area (Å²) in [5.41, 5.74) is -0.450. The minimum absolute atomic E-state index is 0.174. The van der Waals surface area contributed by atoms with E-state index in [0.717, 1.165) is 12.8 Å². The van der Waals surface area contributed by atoms with Crippen molar-refractivity contribution in [2.24, 2.45) is 0 Å². The summed E-state index contributed by atoms with van der Waals surface area (Å²) in [6.07, 6.45) is 1.93. The second-order valence-corrected chi connectivity index (χ2v) is 7.58. The van der Waals surface area contributed by atoms with Crippen LogP contribution in [0.3, 0.4) is 0 Å². The first-order valence-electron chi connectivity index (χ1n) is 8.17. The Bertz CT molecular complexity index is 378. The molecule has 1 aliphatic heterocycles. The van der Waals surface area contributed by atoms with Gasteiger partial charge in [0.05, 0.1) is 19.3 Å². The Kier molecular flexibility index (Phi) is 5.35. The number of amides is 1. The second kappa shape index (κ2) is 6.72. The number of nitrogens with zero attached hydrogens (tertiary/aromatic N) is 1. The number of carbonyl (C=O) groups excluding carboxylic acids is 1. The van der Waals surface area contributed by atoms with E-state index < -0.39 is 11.4 Å². The zero-order valence-electron chi connectivity index (χ0n) is 14.5. The summed E-state index contributed by atoms with van der Waals surface area (Å²) in [4.78, 5) is 14.1. The fourth-order valence-corrected chi connectivity index (χ4v) is 2.33. The van der Waals surface area contributed by atoms with E-state index in [1.807, 2.05) is 39.5 Å². The maximum atomic E-state index is 12.2. The van der Waals surface area contributed by atoms with Gasteiger partial charge in [-0.15, -0.1) is 0 Å². The van der Waals surface area contributed by atoms with Crippen molar-refractivity contribution in [1.29, 1.82) is 0 Å². The van der Waals surface area contributed by atoms with Crippen LogP contribution in [0, 0.1) is 0 Å². The maximum Gasteiger partial charge on any atom is 0.410 e. The molecular formula is C16H30N2O4. The van der Waals surface area contributed by atoms with E-state index in [9.17, 15) is 4.79 Å². The molecular weight excluding hydrogens is 284 g/mol. The lowest BCUT2D eigenvalue weighted by atomic mass is 10.2. The fourth-order valence-electron chi connectivity index (χ4n) is 2.33. The molecule has 2 rings (SSSR count). The maximum absolute atomic E-state index is 12.2. The average Bonchev–Trinajstić information content (AvgIpc) is 3.18. The summed E-state index contributed by atoms with van der Waals surface area (Å²) in [7, 11) is 0. The molecule has 1 saturated heterocycles. The molecule has 1 N–H and O–H groups in total. The van der Waals surface area contributed by atoms with Crippen LogP contribution in [0.15, 0.2) is 0 Å². The minimum atomic E-state index is -0.491. The molecule has 6 nitrogen and oxygen atoms in total. The highest BCUT2D eigenvalue weighted by Gasteiger charge is 2.35. The van der Waals surface area contributed by atoms with Gasteiger partial charge < -0.3 is 24.4 Å². The van der Waals surface area contributed by atoms with Crippen molar-refractivity contribution in [3.8, 4) is 0 Å². The molecule has 22 heavy (non-hydrogen) atoms. The number of ether oxygens (including phenoxy) is 3. The van der Waals surface area contributed by atoms with E-state index in [2.05, 4.69) is 5.32 Å². The molecule has 1 heterocycles. The van der Waals surface area contributed by atoms with Gasteiger partial charge in [0.25, 0.3) is 0 Å². The van der Waals surface area contributed by atoms with Crippen LogP contribution in [0.1, 0.15) is 47.5 Å². The molecule has 0 aromatic carbocycles. The molecule has 0 spiro atoms.